The molecule has 0 saturated carbocycles. The van der Waals surface area contributed by atoms with Crippen molar-refractivity contribution in [2.45, 2.75) is 335 Å². The summed E-state index contributed by atoms with van der Waals surface area (Å²) in [6.45, 7) is 6.43. The van der Waals surface area contributed by atoms with Gasteiger partial charge in [0.2, 0.25) is 0 Å². The fourth-order valence-electron chi connectivity index (χ4n) is 9.69. The summed E-state index contributed by atoms with van der Waals surface area (Å²) in [4.78, 5) is 38.4. The van der Waals surface area contributed by atoms with Crippen molar-refractivity contribution in [3.8, 4) is 0 Å². The van der Waals surface area contributed by atoms with Gasteiger partial charge < -0.3 is 14.2 Å². The number of hydrogen-bond acceptors (Lipinski definition) is 6. The number of ether oxygens (including phenoxy) is 3. The zero-order valence-electron chi connectivity index (χ0n) is 54.4. The molecule has 0 spiro atoms. The molecule has 6 heteroatoms. The molecule has 0 fully saturated rings. The Bertz CT molecular complexity index is 1700. The minimum Gasteiger partial charge on any atom is -0.462 e. The first-order valence-corrected chi connectivity index (χ1v) is 35.0. The molecule has 0 rings (SSSR count). The normalized spacial score (nSPS) is 12.9. The molecule has 0 aromatic rings. The molecule has 0 amide bonds. The highest BCUT2D eigenvalue weighted by molar-refractivity contribution is 5.71. The van der Waals surface area contributed by atoms with Crippen molar-refractivity contribution < 1.29 is 28.6 Å². The maximum absolute atomic E-state index is 12.9. The summed E-state index contributed by atoms with van der Waals surface area (Å²) < 4.78 is 16.9. The van der Waals surface area contributed by atoms with Crippen molar-refractivity contribution >= 4 is 17.9 Å². The lowest BCUT2D eigenvalue weighted by Gasteiger charge is -2.18. The zero-order chi connectivity index (χ0) is 59.9. The third-order valence-electron chi connectivity index (χ3n) is 14.9. The Kier molecular flexibility index (Phi) is 66.7. The van der Waals surface area contributed by atoms with E-state index in [1.807, 2.05) is 0 Å². The van der Waals surface area contributed by atoms with E-state index in [2.05, 4.69) is 142 Å². The maximum atomic E-state index is 12.9. The third-order valence-corrected chi connectivity index (χ3v) is 14.9. The van der Waals surface area contributed by atoms with E-state index in [-0.39, 0.29) is 37.5 Å². The Balaban J connectivity index is 4.23. The molecule has 1 unspecified atom stereocenters. The van der Waals surface area contributed by atoms with E-state index in [4.69, 9.17) is 14.2 Å². The van der Waals surface area contributed by atoms with Gasteiger partial charge in [-0.3, -0.25) is 14.4 Å². The van der Waals surface area contributed by atoms with Crippen LogP contribution >= 0.6 is 0 Å². The van der Waals surface area contributed by atoms with Crippen LogP contribution in [0.2, 0.25) is 0 Å². The van der Waals surface area contributed by atoms with Crippen LogP contribution in [-0.2, 0) is 28.6 Å². The summed E-state index contributed by atoms with van der Waals surface area (Å²) in [5.41, 5.74) is 0. The van der Waals surface area contributed by atoms with Crippen LogP contribution in [0.3, 0.4) is 0 Å². The van der Waals surface area contributed by atoms with E-state index in [0.29, 0.717) is 12.8 Å². The Hall–Kier alpha value is -4.19. The quantitative estimate of drug-likeness (QED) is 0.0261. The van der Waals surface area contributed by atoms with Crippen molar-refractivity contribution in [1.82, 2.24) is 0 Å². The lowest BCUT2D eigenvalue weighted by molar-refractivity contribution is -0.167. The second kappa shape index (κ2) is 70.3. The summed E-state index contributed by atoms with van der Waals surface area (Å²) in [7, 11) is 0. The molecule has 0 aliphatic heterocycles. The van der Waals surface area contributed by atoms with Gasteiger partial charge in [0.15, 0.2) is 6.10 Å². The van der Waals surface area contributed by atoms with Crippen molar-refractivity contribution in [3.05, 3.63) is 122 Å². The topological polar surface area (TPSA) is 78.9 Å². The molecule has 1 atom stereocenters. The molecule has 0 radical (unpaired) electrons. The van der Waals surface area contributed by atoms with Gasteiger partial charge in [-0.1, -0.05) is 303 Å². The highest BCUT2D eigenvalue weighted by atomic mass is 16.6. The fourth-order valence-corrected chi connectivity index (χ4v) is 9.69. The molecule has 0 saturated heterocycles. The predicted octanol–water partition coefficient (Wildman–Crippen LogP) is 24.3. The van der Waals surface area contributed by atoms with Crippen molar-refractivity contribution in [1.29, 1.82) is 0 Å². The lowest BCUT2D eigenvalue weighted by Crippen LogP contribution is -2.30. The number of esters is 3. The van der Waals surface area contributed by atoms with Gasteiger partial charge in [-0.15, -0.1) is 0 Å². The smallest absolute Gasteiger partial charge is 0.306 e. The second-order valence-corrected chi connectivity index (χ2v) is 23.1. The van der Waals surface area contributed by atoms with Crippen LogP contribution in [-0.4, -0.2) is 37.2 Å². The molecular weight excluding hydrogens is 1020 g/mol. The summed E-state index contributed by atoms with van der Waals surface area (Å²) in [5, 5.41) is 0. The molecule has 0 heterocycles. The molecule has 0 aliphatic rings. The number of carbonyl (C=O) groups is 3. The Labute approximate surface area is 513 Å². The van der Waals surface area contributed by atoms with Crippen LogP contribution in [0.25, 0.3) is 0 Å². The van der Waals surface area contributed by atoms with Gasteiger partial charge in [0.05, 0.1) is 0 Å². The summed E-state index contributed by atoms with van der Waals surface area (Å²) >= 11 is 0. The molecule has 474 valence electrons. The average molecular weight is 1150 g/mol. The summed E-state index contributed by atoms with van der Waals surface area (Å²) in [6, 6.07) is 0. The van der Waals surface area contributed by atoms with Crippen LogP contribution in [0.15, 0.2) is 122 Å². The van der Waals surface area contributed by atoms with E-state index in [0.717, 1.165) is 141 Å². The van der Waals surface area contributed by atoms with E-state index in [9.17, 15) is 14.4 Å². The van der Waals surface area contributed by atoms with E-state index < -0.39 is 6.10 Å². The van der Waals surface area contributed by atoms with E-state index in [1.165, 1.54) is 148 Å². The zero-order valence-corrected chi connectivity index (χ0v) is 54.4. The largest absolute Gasteiger partial charge is 0.462 e. The van der Waals surface area contributed by atoms with Gasteiger partial charge in [0.25, 0.3) is 0 Å². The second-order valence-electron chi connectivity index (χ2n) is 23.1. The van der Waals surface area contributed by atoms with Gasteiger partial charge in [-0.2, -0.15) is 0 Å². The highest BCUT2D eigenvalue weighted by Gasteiger charge is 2.19. The third kappa shape index (κ3) is 68.5. The van der Waals surface area contributed by atoms with E-state index >= 15 is 0 Å². The number of carbonyl (C=O) groups excluding carboxylic acids is 3. The number of allylic oxidation sites excluding steroid dienone is 20. The molecule has 0 aromatic heterocycles. The van der Waals surface area contributed by atoms with Crippen LogP contribution in [0.1, 0.15) is 329 Å². The van der Waals surface area contributed by atoms with Crippen LogP contribution < -0.4 is 0 Å². The van der Waals surface area contributed by atoms with Gasteiger partial charge in [-0.05, 0) is 128 Å². The van der Waals surface area contributed by atoms with Gasteiger partial charge in [0, 0.05) is 19.3 Å². The van der Waals surface area contributed by atoms with Crippen molar-refractivity contribution in [3.63, 3.8) is 0 Å². The molecular formula is C77H130O6. The van der Waals surface area contributed by atoms with Gasteiger partial charge >= 0.3 is 17.9 Å². The number of unbranched alkanes of at least 4 members (excludes halogenated alkanes) is 32. The summed E-state index contributed by atoms with van der Waals surface area (Å²) in [6.07, 6.45) is 98.1. The maximum Gasteiger partial charge on any atom is 0.306 e. The Morgan fingerprint density at radius 2 is 0.494 bits per heavy atom. The highest BCUT2D eigenvalue weighted by Crippen LogP contribution is 2.17. The standard InChI is InChI=1S/C77H130O6/c1-4-7-10-13-16-19-22-25-27-29-31-32-33-34-35-36-37-38-39-40-41-42-43-44-46-47-49-52-55-58-61-64-67-70-76(79)82-73-74(72-81-75(78)69-66-63-60-57-54-51-24-21-18-15-12-9-6-3)83-77(80)71-68-65-62-59-56-53-50-48-45-30-28-26-23-20-17-14-11-8-5-2/h8,11-12,15,17,20-22,24-26,28-29,31,33-34,45,48,53,56,74H,4-7,9-10,13-14,16,18-19,23,27,30,32,35-44,46-47,49-52,54-55,57-73H2,1-3H3/b11-8-,15-12-,20-17-,24-21-,25-22-,28-26-,31-29-,34-33-,48-45-,56-53-. The van der Waals surface area contributed by atoms with Crippen LogP contribution in [0, 0.1) is 0 Å². The van der Waals surface area contributed by atoms with Crippen LogP contribution in [0.4, 0.5) is 0 Å². The molecule has 0 aliphatic carbocycles. The first kappa shape index (κ1) is 78.8. The first-order valence-electron chi connectivity index (χ1n) is 35.0. The van der Waals surface area contributed by atoms with Crippen LogP contribution in [0.5, 0.6) is 0 Å². The lowest BCUT2D eigenvalue weighted by atomic mass is 10.0. The Morgan fingerprint density at radius 3 is 0.795 bits per heavy atom. The molecule has 0 bridgehead atoms. The molecule has 6 nitrogen and oxygen atoms in total. The van der Waals surface area contributed by atoms with Crippen molar-refractivity contribution in [2.75, 3.05) is 13.2 Å². The SMILES string of the molecule is CC/C=C\C/C=C\C/C=C\C/C=C\C/C=C\CCCCCC(=O)OC(COC(=O)CCCCCCC/C=C\C/C=C\CCC)COC(=O)CCCCCCCCCCCCCCCCCCCC/C=C\C/C=C\C/C=C\CCCCCCC. The number of rotatable bonds is 63. The summed E-state index contributed by atoms with van der Waals surface area (Å²) in [5.74, 6) is -0.935. The number of hydrogen-bond donors (Lipinski definition) is 0. The Morgan fingerprint density at radius 1 is 0.253 bits per heavy atom. The first-order chi connectivity index (χ1) is 41.0. The molecule has 0 aromatic carbocycles. The average Bonchev–Trinajstić information content (AvgIpc) is 3.49. The minimum atomic E-state index is -0.805. The molecule has 83 heavy (non-hydrogen) atoms. The minimum absolute atomic E-state index is 0.0963. The van der Waals surface area contributed by atoms with Crippen molar-refractivity contribution in [2.24, 2.45) is 0 Å². The van der Waals surface area contributed by atoms with Gasteiger partial charge in [0.1, 0.15) is 13.2 Å². The monoisotopic (exact) mass is 1150 g/mol. The van der Waals surface area contributed by atoms with Gasteiger partial charge in [-0.25, -0.2) is 0 Å². The fraction of sp³-hybridized carbons (Fsp3) is 0.701. The predicted molar refractivity (Wildman–Crippen MR) is 362 cm³/mol. The van der Waals surface area contributed by atoms with E-state index in [1.54, 1.807) is 0 Å². The molecule has 0 N–H and O–H groups in total.